The van der Waals surface area contributed by atoms with Crippen LogP contribution in [0.3, 0.4) is 0 Å². The quantitative estimate of drug-likeness (QED) is 0.340. The van der Waals surface area contributed by atoms with Gasteiger partial charge in [0.25, 0.3) is 0 Å². The van der Waals surface area contributed by atoms with Gasteiger partial charge in [0.1, 0.15) is 11.8 Å². The number of rotatable bonds is 9. The van der Waals surface area contributed by atoms with E-state index in [9.17, 15) is 9.59 Å². The molecule has 10 atom stereocenters. The molecule has 0 heterocycles. The van der Waals surface area contributed by atoms with Crippen LogP contribution in [0.2, 0.25) is 0 Å². The van der Waals surface area contributed by atoms with E-state index < -0.39 is 0 Å². The fraction of sp³-hybridized carbons (Fsp3) is 0.938. The van der Waals surface area contributed by atoms with E-state index in [2.05, 4.69) is 39.9 Å². The zero-order valence-electron chi connectivity index (χ0n) is 24.4. The van der Waals surface area contributed by atoms with Crippen molar-refractivity contribution in [3.8, 4) is 0 Å². The van der Waals surface area contributed by atoms with E-state index in [1.165, 1.54) is 51.4 Å². The lowest BCUT2D eigenvalue weighted by Gasteiger charge is -2.60. The van der Waals surface area contributed by atoms with E-state index in [4.69, 9.17) is 4.74 Å². The summed E-state index contributed by atoms with van der Waals surface area (Å²) in [6.45, 7) is 16.5. The Morgan fingerprint density at radius 1 is 1.00 bits per heavy atom. The van der Waals surface area contributed by atoms with Crippen molar-refractivity contribution in [2.24, 2.45) is 52.3 Å². The second-order valence-electron chi connectivity index (χ2n) is 14.3. The summed E-state index contributed by atoms with van der Waals surface area (Å²) >= 11 is 0. The molecule has 0 aliphatic heterocycles. The Labute approximate surface area is 221 Å². The van der Waals surface area contributed by atoms with Crippen LogP contribution >= 0.6 is 0 Å². The smallest absolute Gasteiger partial charge is 0.322 e. The highest BCUT2D eigenvalue weighted by Crippen LogP contribution is 2.67. The third kappa shape index (κ3) is 5.19. The summed E-state index contributed by atoms with van der Waals surface area (Å²) < 4.78 is 5.21. The SMILES string of the molecule is CCOC(=O)C(C)N[C@@H]1CC[C@]2(C)C3CC[C@@]4(C)C(CC[C@@H]4[C@H](C)CCCC(C)C)C3C(=O)C[C@H]2C1. The van der Waals surface area contributed by atoms with Crippen LogP contribution in [0.15, 0.2) is 0 Å². The van der Waals surface area contributed by atoms with Gasteiger partial charge in [0, 0.05) is 18.4 Å². The molecule has 0 bridgehead atoms. The molecule has 4 unspecified atom stereocenters. The number of fused-ring (bicyclic) bond motifs is 5. The number of hydrogen-bond acceptors (Lipinski definition) is 4. The number of carbonyl (C=O) groups is 2. The van der Waals surface area contributed by atoms with Crippen molar-refractivity contribution in [2.45, 2.75) is 131 Å². The first-order valence-corrected chi connectivity index (χ1v) is 15.5. The van der Waals surface area contributed by atoms with Crippen LogP contribution in [0.1, 0.15) is 119 Å². The van der Waals surface area contributed by atoms with Gasteiger partial charge in [-0.2, -0.15) is 0 Å². The fourth-order valence-electron chi connectivity index (χ4n) is 9.80. The standard InChI is InChI=1S/C32H55NO3/c1-8-36-30(35)22(5)33-24-14-16-31(6)23(18-24)19-28(34)29-26-13-12-25(21(4)11-9-10-20(2)3)32(26,7)17-15-27(29)31/h20-27,29,33H,8-19H2,1-7H3/t21-,22?,23-,24-,25-,26?,27?,29?,31+,32-/m1/s1. The fourth-order valence-corrected chi connectivity index (χ4v) is 9.80. The van der Waals surface area contributed by atoms with Crippen LogP contribution < -0.4 is 5.32 Å². The molecule has 4 aliphatic rings. The lowest BCUT2D eigenvalue weighted by molar-refractivity contribution is -0.158. The largest absolute Gasteiger partial charge is 0.465 e. The molecule has 0 spiro atoms. The van der Waals surface area contributed by atoms with E-state index in [1.807, 2.05) is 13.8 Å². The number of Topliss-reactive ketones (excluding diaryl/α,β-unsaturated/α-hetero) is 1. The molecule has 4 aliphatic carbocycles. The average molecular weight is 502 g/mol. The molecule has 0 aromatic carbocycles. The lowest BCUT2D eigenvalue weighted by atomic mass is 9.44. The summed E-state index contributed by atoms with van der Waals surface area (Å²) in [6, 6.07) is 0.0305. The van der Waals surface area contributed by atoms with Gasteiger partial charge in [0.05, 0.1) is 6.61 Å². The molecule has 36 heavy (non-hydrogen) atoms. The van der Waals surface area contributed by atoms with Gasteiger partial charge in [-0.25, -0.2) is 0 Å². The van der Waals surface area contributed by atoms with Gasteiger partial charge in [0.15, 0.2) is 0 Å². The Kier molecular flexibility index (Phi) is 8.64. The van der Waals surface area contributed by atoms with Crippen LogP contribution in [-0.2, 0) is 14.3 Å². The summed E-state index contributed by atoms with van der Waals surface area (Å²) in [7, 11) is 0. The van der Waals surface area contributed by atoms with Gasteiger partial charge in [-0.1, -0.05) is 53.9 Å². The van der Waals surface area contributed by atoms with Crippen molar-refractivity contribution in [3.05, 3.63) is 0 Å². The minimum Gasteiger partial charge on any atom is -0.465 e. The maximum Gasteiger partial charge on any atom is 0.322 e. The minimum atomic E-state index is -0.278. The third-order valence-electron chi connectivity index (χ3n) is 11.8. The Morgan fingerprint density at radius 2 is 1.69 bits per heavy atom. The van der Waals surface area contributed by atoms with E-state index in [0.717, 1.165) is 37.0 Å². The van der Waals surface area contributed by atoms with Gasteiger partial charge in [-0.15, -0.1) is 0 Å². The number of carbonyl (C=O) groups excluding carboxylic acids is 2. The van der Waals surface area contributed by atoms with Gasteiger partial charge in [-0.05, 0) is 105 Å². The molecule has 0 saturated heterocycles. The first-order chi connectivity index (χ1) is 17.0. The minimum absolute atomic E-state index is 0.161. The maximum atomic E-state index is 13.9. The predicted octanol–water partition coefficient (Wildman–Crippen LogP) is 7.20. The zero-order chi connectivity index (χ0) is 26.3. The van der Waals surface area contributed by atoms with Crippen LogP contribution in [-0.4, -0.2) is 30.4 Å². The van der Waals surface area contributed by atoms with Gasteiger partial charge >= 0.3 is 5.97 Å². The second kappa shape index (κ2) is 11.1. The molecular formula is C32H55NO3. The Hall–Kier alpha value is -0.900. The number of ketones is 1. The molecular weight excluding hydrogens is 446 g/mol. The number of esters is 1. The molecule has 0 amide bonds. The van der Waals surface area contributed by atoms with Crippen molar-refractivity contribution in [2.75, 3.05) is 6.61 Å². The molecule has 206 valence electrons. The van der Waals surface area contributed by atoms with Gasteiger partial charge in [-0.3, -0.25) is 9.59 Å². The molecule has 4 fully saturated rings. The molecule has 4 saturated carbocycles. The lowest BCUT2D eigenvalue weighted by Crippen LogP contribution is -2.58. The van der Waals surface area contributed by atoms with E-state index in [0.29, 0.717) is 47.5 Å². The Morgan fingerprint density at radius 3 is 2.39 bits per heavy atom. The normalized spacial score (nSPS) is 41.8. The van der Waals surface area contributed by atoms with Crippen LogP contribution in [0.5, 0.6) is 0 Å². The highest BCUT2D eigenvalue weighted by Gasteiger charge is 2.63. The molecule has 0 radical (unpaired) electrons. The Bertz CT molecular complexity index is 794. The van der Waals surface area contributed by atoms with Crippen LogP contribution in [0, 0.1) is 52.3 Å². The van der Waals surface area contributed by atoms with E-state index in [-0.39, 0.29) is 17.4 Å². The molecule has 0 aromatic rings. The third-order valence-corrected chi connectivity index (χ3v) is 11.8. The highest BCUT2D eigenvalue weighted by atomic mass is 16.5. The first-order valence-electron chi connectivity index (χ1n) is 15.5. The molecule has 1 N–H and O–H groups in total. The second-order valence-corrected chi connectivity index (χ2v) is 14.3. The predicted molar refractivity (Wildman–Crippen MR) is 146 cm³/mol. The summed E-state index contributed by atoms with van der Waals surface area (Å²) in [5.41, 5.74) is 0.622. The Balaban J connectivity index is 1.43. The van der Waals surface area contributed by atoms with Crippen LogP contribution in [0.4, 0.5) is 0 Å². The highest BCUT2D eigenvalue weighted by molar-refractivity contribution is 5.83. The summed E-state index contributed by atoms with van der Waals surface area (Å²) in [4.78, 5) is 26.0. The van der Waals surface area contributed by atoms with Crippen molar-refractivity contribution in [3.63, 3.8) is 0 Å². The molecule has 4 rings (SSSR count). The topological polar surface area (TPSA) is 55.4 Å². The van der Waals surface area contributed by atoms with Gasteiger partial charge in [0.2, 0.25) is 0 Å². The van der Waals surface area contributed by atoms with Crippen molar-refractivity contribution in [1.82, 2.24) is 5.32 Å². The average Bonchev–Trinajstić information content (AvgIpc) is 3.17. The molecule has 4 nitrogen and oxygen atoms in total. The monoisotopic (exact) mass is 501 g/mol. The van der Waals surface area contributed by atoms with Crippen LogP contribution in [0.25, 0.3) is 0 Å². The van der Waals surface area contributed by atoms with E-state index in [1.54, 1.807) is 0 Å². The summed E-state index contributed by atoms with van der Waals surface area (Å²) in [5, 5.41) is 3.54. The van der Waals surface area contributed by atoms with Crippen molar-refractivity contribution >= 4 is 11.8 Å². The maximum absolute atomic E-state index is 13.9. The molecule has 4 heteroatoms. The van der Waals surface area contributed by atoms with Gasteiger partial charge < -0.3 is 10.1 Å². The number of nitrogens with one attached hydrogen (secondary N) is 1. The zero-order valence-corrected chi connectivity index (χ0v) is 24.4. The van der Waals surface area contributed by atoms with E-state index >= 15 is 0 Å². The number of ether oxygens (including phenoxy) is 1. The molecule has 0 aromatic heterocycles. The summed E-state index contributed by atoms with van der Waals surface area (Å²) in [5.74, 6) is 4.67. The first kappa shape index (κ1) is 28.1. The number of hydrogen-bond donors (Lipinski definition) is 1. The summed E-state index contributed by atoms with van der Waals surface area (Å²) in [6.07, 6.45) is 13.3. The van der Waals surface area contributed by atoms with Crippen molar-refractivity contribution in [1.29, 1.82) is 0 Å². The van der Waals surface area contributed by atoms with Crippen molar-refractivity contribution < 1.29 is 14.3 Å².